The topological polar surface area (TPSA) is 69.6 Å². The van der Waals surface area contributed by atoms with Crippen LogP contribution in [0.2, 0.25) is 0 Å². The molecule has 1 aliphatic rings. The first-order valence-electron chi connectivity index (χ1n) is 5.15. The van der Waals surface area contributed by atoms with Crippen molar-refractivity contribution in [1.29, 1.82) is 0 Å². The third-order valence-corrected chi connectivity index (χ3v) is 2.64. The van der Waals surface area contributed by atoms with E-state index in [0.717, 1.165) is 0 Å². The summed E-state index contributed by atoms with van der Waals surface area (Å²) in [6.07, 6.45) is -0.0187. The van der Waals surface area contributed by atoms with Gasteiger partial charge >= 0.3 is 5.97 Å². The summed E-state index contributed by atoms with van der Waals surface area (Å²) in [5.41, 5.74) is -1.54. The van der Waals surface area contributed by atoms with Crippen LogP contribution in [-0.2, 0) is 9.59 Å². The van der Waals surface area contributed by atoms with Gasteiger partial charge in [-0.2, -0.15) is 0 Å². The molecule has 0 aromatic carbocycles. The van der Waals surface area contributed by atoms with E-state index in [1.54, 1.807) is 19.0 Å². The fraction of sp³-hybridized carbons (Fsp3) is 0.800. The van der Waals surface area contributed by atoms with Crippen LogP contribution in [0.3, 0.4) is 0 Å². The van der Waals surface area contributed by atoms with Crippen LogP contribution in [0.15, 0.2) is 0 Å². The number of hydrogen-bond donors (Lipinski definition) is 2. The van der Waals surface area contributed by atoms with Crippen molar-refractivity contribution in [3.63, 3.8) is 0 Å². The fourth-order valence-electron chi connectivity index (χ4n) is 1.74. The Morgan fingerprint density at radius 3 is 2.50 bits per heavy atom. The van der Waals surface area contributed by atoms with E-state index < -0.39 is 17.6 Å². The number of alkyl halides is 1. The summed E-state index contributed by atoms with van der Waals surface area (Å²) >= 11 is 0. The second kappa shape index (κ2) is 4.78. The van der Waals surface area contributed by atoms with Crippen molar-refractivity contribution < 1.29 is 19.1 Å². The average Bonchev–Trinajstić information content (AvgIpc) is 2.08. The van der Waals surface area contributed by atoms with Crippen LogP contribution in [0.4, 0.5) is 4.39 Å². The van der Waals surface area contributed by atoms with Gasteiger partial charge in [-0.15, -0.1) is 0 Å². The number of rotatable bonds is 5. The SMILES string of the molecule is CN(C)CC(=O)NCC1(F)CC(C(=O)O)C1. The number of aliphatic carboxylic acids is 1. The molecule has 0 spiro atoms. The molecule has 1 rings (SSSR count). The highest BCUT2D eigenvalue weighted by atomic mass is 19.1. The zero-order chi connectivity index (χ0) is 12.3. The molecule has 0 saturated heterocycles. The Bertz CT molecular complexity index is 288. The largest absolute Gasteiger partial charge is 0.481 e. The van der Waals surface area contributed by atoms with Gasteiger partial charge in [0.15, 0.2) is 0 Å². The number of likely N-dealkylation sites (N-methyl/N-ethyl adjacent to an activating group) is 1. The third kappa shape index (κ3) is 3.44. The van der Waals surface area contributed by atoms with E-state index in [1.807, 2.05) is 0 Å². The zero-order valence-electron chi connectivity index (χ0n) is 9.49. The van der Waals surface area contributed by atoms with Crippen LogP contribution < -0.4 is 5.32 Å². The van der Waals surface area contributed by atoms with Gasteiger partial charge in [0.2, 0.25) is 5.91 Å². The Morgan fingerprint density at radius 1 is 1.50 bits per heavy atom. The summed E-state index contributed by atoms with van der Waals surface area (Å²) in [5.74, 6) is -1.82. The summed E-state index contributed by atoms with van der Waals surface area (Å²) in [6, 6.07) is 0. The summed E-state index contributed by atoms with van der Waals surface area (Å²) in [7, 11) is 3.49. The molecule has 1 saturated carbocycles. The van der Waals surface area contributed by atoms with Crippen molar-refractivity contribution in [2.45, 2.75) is 18.5 Å². The number of amides is 1. The molecule has 2 N–H and O–H groups in total. The Kier molecular flexibility index (Phi) is 3.85. The monoisotopic (exact) mass is 232 g/mol. The Morgan fingerprint density at radius 2 is 2.06 bits per heavy atom. The van der Waals surface area contributed by atoms with E-state index in [4.69, 9.17) is 5.11 Å². The molecule has 0 atom stereocenters. The van der Waals surface area contributed by atoms with Crippen LogP contribution in [0.25, 0.3) is 0 Å². The molecule has 0 radical (unpaired) electrons. The molecule has 0 unspecified atom stereocenters. The molecule has 1 amide bonds. The lowest BCUT2D eigenvalue weighted by atomic mass is 9.72. The van der Waals surface area contributed by atoms with Gasteiger partial charge in [-0.1, -0.05) is 0 Å². The Labute approximate surface area is 93.6 Å². The van der Waals surface area contributed by atoms with Gasteiger partial charge < -0.3 is 15.3 Å². The Hall–Kier alpha value is -1.17. The number of halogens is 1. The molecule has 1 fully saturated rings. The highest BCUT2D eigenvalue weighted by molar-refractivity contribution is 5.78. The average molecular weight is 232 g/mol. The first-order valence-corrected chi connectivity index (χ1v) is 5.15. The van der Waals surface area contributed by atoms with Gasteiger partial charge in [0.1, 0.15) is 5.67 Å². The number of nitrogens with one attached hydrogen (secondary N) is 1. The van der Waals surface area contributed by atoms with Crippen LogP contribution in [0.1, 0.15) is 12.8 Å². The molecular formula is C10H17FN2O3. The molecule has 92 valence electrons. The van der Waals surface area contributed by atoms with Crippen LogP contribution in [0, 0.1) is 5.92 Å². The first-order chi connectivity index (χ1) is 7.32. The number of carbonyl (C=O) groups excluding carboxylic acids is 1. The molecule has 0 aromatic heterocycles. The van der Waals surface area contributed by atoms with E-state index in [0.29, 0.717) is 0 Å². The molecule has 0 aliphatic heterocycles. The number of hydrogen-bond acceptors (Lipinski definition) is 3. The second-order valence-corrected chi connectivity index (χ2v) is 4.61. The van der Waals surface area contributed by atoms with Crippen LogP contribution in [-0.4, -0.2) is 54.7 Å². The van der Waals surface area contributed by atoms with Crippen molar-refractivity contribution >= 4 is 11.9 Å². The molecular weight excluding hydrogens is 215 g/mol. The standard InChI is InChI=1S/C10H17FN2O3/c1-13(2)5-8(14)12-6-10(11)3-7(4-10)9(15)16/h7H,3-6H2,1-2H3,(H,12,14)(H,15,16). The molecule has 1 aliphatic carbocycles. The van der Waals surface area contributed by atoms with E-state index >= 15 is 0 Å². The second-order valence-electron chi connectivity index (χ2n) is 4.61. The highest BCUT2D eigenvalue weighted by Gasteiger charge is 2.48. The molecule has 0 bridgehead atoms. The quantitative estimate of drug-likeness (QED) is 0.692. The molecule has 16 heavy (non-hydrogen) atoms. The summed E-state index contributed by atoms with van der Waals surface area (Å²) in [6.45, 7) is 0.113. The van der Waals surface area contributed by atoms with E-state index in [9.17, 15) is 14.0 Å². The third-order valence-electron chi connectivity index (χ3n) is 2.64. The number of carboxylic acid groups (broad SMARTS) is 1. The lowest BCUT2D eigenvalue weighted by Gasteiger charge is -2.39. The van der Waals surface area contributed by atoms with Gasteiger partial charge in [-0.25, -0.2) is 4.39 Å². The normalized spacial score (nSPS) is 28.6. The zero-order valence-corrected chi connectivity index (χ0v) is 9.49. The summed E-state index contributed by atoms with van der Waals surface area (Å²) in [5, 5.41) is 11.1. The number of carboxylic acids is 1. The number of carbonyl (C=O) groups is 2. The van der Waals surface area contributed by atoms with Gasteiger partial charge in [-0.3, -0.25) is 9.59 Å². The summed E-state index contributed by atoms with van der Waals surface area (Å²) < 4.78 is 13.7. The van der Waals surface area contributed by atoms with Crippen molar-refractivity contribution in [3.8, 4) is 0 Å². The van der Waals surface area contributed by atoms with Gasteiger partial charge in [0, 0.05) is 0 Å². The summed E-state index contributed by atoms with van der Waals surface area (Å²) in [4.78, 5) is 23.4. The van der Waals surface area contributed by atoms with Gasteiger partial charge in [0.05, 0.1) is 19.0 Å². The van der Waals surface area contributed by atoms with Crippen molar-refractivity contribution in [3.05, 3.63) is 0 Å². The van der Waals surface area contributed by atoms with Crippen molar-refractivity contribution in [1.82, 2.24) is 10.2 Å². The van der Waals surface area contributed by atoms with Crippen LogP contribution >= 0.6 is 0 Å². The lowest BCUT2D eigenvalue weighted by Crippen LogP contribution is -2.51. The maximum absolute atomic E-state index is 13.7. The first kappa shape index (κ1) is 12.9. The highest BCUT2D eigenvalue weighted by Crippen LogP contribution is 2.40. The number of nitrogens with zero attached hydrogens (tertiary/aromatic N) is 1. The van der Waals surface area contributed by atoms with E-state index in [-0.39, 0.29) is 31.8 Å². The smallest absolute Gasteiger partial charge is 0.306 e. The maximum Gasteiger partial charge on any atom is 0.306 e. The lowest BCUT2D eigenvalue weighted by molar-refractivity contribution is -0.151. The van der Waals surface area contributed by atoms with E-state index in [1.165, 1.54) is 0 Å². The Balaban J connectivity index is 2.24. The van der Waals surface area contributed by atoms with Crippen molar-refractivity contribution in [2.75, 3.05) is 27.2 Å². The van der Waals surface area contributed by atoms with Crippen molar-refractivity contribution in [2.24, 2.45) is 5.92 Å². The molecule has 0 aromatic rings. The molecule has 5 nitrogen and oxygen atoms in total. The predicted molar refractivity (Wildman–Crippen MR) is 55.8 cm³/mol. The molecule has 6 heteroatoms. The van der Waals surface area contributed by atoms with E-state index in [2.05, 4.69) is 5.32 Å². The van der Waals surface area contributed by atoms with Gasteiger partial charge in [-0.05, 0) is 26.9 Å². The fourth-order valence-corrected chi connectivity index (χ4v) is 1.74. The molecule has 0 heterocycles. The predicted octanol–water partition coefficient (Wildman–Crippen LogP) is -0.133. The minimum Gasteiger partial charge on any atom is -0.481 e. The minimum absolute atomic E-state index is 0.00935. The van der Waals surface area contributed by atoms with Gasteiger partial charge in [0.25, 0.3) is 0 Å². The van der Waals surface area contributed by atoms with Crippen LogP contribution in [0.5, 0.6) is 0 Å². The minimum atomic E-state index is -1.54. The maximum atomic E-state index is 13.7.